The van der Waals surface area contributed by atoms with Crippen LogP contribution in [0.5, 0.6) is 5.75 Å². The van der Waals surface area contributed by atoms with Gasteiger partial charge < -0.3 is 9.64 Å². The molecule has 1 unspecified atom stereocenters. The number of likely N-dealkylation sites (N-methyl/N-ethyl adjacent to an activating group) is 1. The van der Waals surface area contributed by atoms with E-state index in [4.69, 9.17) is 4.74 Å². The molecule has 1 atom stereocenters. The molecule has 1 aliphatic heterocycles. The molecule has 2 N–H and O–H groups in total. The van der Waals surface area contributed by atoms with Crippen molar-refractivity contribution in [3.8, 4) is 5.75 Å². The van der Waals surface area contributed by atoms with Gasteiger partial charge in [0.15, 0.2) is 0 Å². The molecular weight excluding hydrogens is 262 g/mol. The summed E-state index contributed by atoms with van der Waals surface area (Å²) in [7, 11) is 4.00. The van der Waals surface area contributed by atoms with E-state index >= 15 is 0 Å². The Bertz CT molecular complexity index is 641. The Morgan fingerprint density at radius 2 is 2.05 bits per heavy atom. The number of benzene rings is 1. The van der Waals surface area contributed by atoms with E-state index in [1.54, 1.807) is 12.0 Å². The Kier molecular flexibility index (Phi) is 3.97. The Hall–Kier alpha value is -1.81. The summed E-state index contributed by atoms with van der Waals surface area (Å²) < 4.78 is 5.34. The summed E-state index contributed by atoms with van der Waals surface area (Å²) in [5.41, 5.74) is 2.46. The van der Waals surface area contributed by atoms with Crippen molar-refractivity contribution in [2.24, 2.45) is 0 Å². The van der Waals surface area contributed by atoms with Crippen molar-refractivity contribution in [3.05, 3.63) is 29.8 Å². The van der Waals surface area contributed by atoms with Gasteiger partial charge >= 0.3 is 0 Å². The number of aromatic amines is 1. The van der Waals surface area contributed by atoms with Crippen molar-refractivity contribution in [2.75, 3.05) is 45.2 Å². The van der Waals surface area contributed by atoms with Gasteiger partial charge in [-0.15, -0.1) is 0 Å². The largest absolute Gasteiger partial charge is 0.497 e. The number of aromatic nitrogens is 1. The van der Waals surface area contributed by atoms with Gasteiger partial charge in [-0.05, 0) is 24.6 Å². The van der Waals surface area contributed by atoms with Crippen LogP contribution in [0.15, 0.2) is 24.3 Å². The molecule has 0 aliphatic carbocycles. The fourth-order valence-corrected chi connectivity index (χ4v) is 3.10. The second kappa shape index (κ2) is 5.90. The van der Waals surface area contributed by atoms with E-state index in [0.717, 1.165) is 24.4 Å². The van der Waals surface area contributed by atoms with Gasteiger partial charge in [-0.25, -0.2) is 4.98 Å². The Morgan fingerprint density at radius 1 is 1.19 bits per heavy atom. The van der Waals surface area contributed by atoms with Crippen LogP contribution >= 0.6 is 0 Å². The summed E-state index contributed by atoms with van der Waals surface area (Å²) >= 11 is 0. The van der Waals surface area contributed by atoms with Crippen molar-refractivity contribution in [1.82, 2.24) is 0 Å². The number of hydrogen-bond donors (Lipinski definition) is 1. The normalized spacial score (nSPS) is 19.6. The highest BCUT2D eigenvalue weighted by atomic mass is 16.5. The van der Waals surface area contributed by atoms with Crippen LogP contribution in [0.3, 0.4) is 0 Å². The van der Waals surface area contributed by atoms with E-state index in [1.165, 1.54) is 36.3 Å². The number of pyridine rings is 1. The molecule has 4 nitrogen and oxygen atoms in total. The van der Waals surface area contributed by atoms with Gasteiger partial charge in [0.25, 0.3) is 5.82 Å². The molecule has 0 saturated carbocycles. The Labute approximate surface area is 126 Å². The molecule has 112 valence electrons. The van der Waals surface area contributed by atoms with Crippen molar-refractivity contribution in [1.29, 1.82) is 0 Å². The summed E-state index contributed by atoms with van der Waals surface area (Å²) in [4.78, 5) is 7.69. The molecule has 0 spiro atoms. The van der Waals surface area contributed by atoms with Gasteiger partial charge in [-0.3, -0.25) is 4.90 Å². The van der Waals surface area contributed by atoms with Gasteiger partial charge in [-0.2, -0.15) is 0 Å². The number of anilines is 1. The van der Waals surface area contributed by atoms with Gasteiger partial charge in [0.2, 0.25) is 0 Å². The van der Waals surface area contributed by atoms with Gasteiger partial charge in [0.05, 0.1) is 27.2 Å². The number of ether oxygens (including phenoxy) is 1. The predicted octanol–water partition coefficient (Wildman–Crippen LogP) is 0.696. The molecule has 0 bridgehead atoms. The summed E-state index contributed by atoms with van der Waals surface area (Å²) in [6, 6.07) is 8.51. The number of H-pyrrole nitrogens is 1. The highest BCUT2D eigenvalue weighted by molar-refractivity contribution is 5.81. The van der Waals surface area contributed by atoms with E-state index in [9.17, 15) is 0 Å². The standard InChI is InChI=1S/C17H23N3O/c1-13-11-17(20-8-4-7-19(2)9-10-20)18-16-12-14(21-3)5-6-15(13)16/h5-6,11-12H,4,7-10H2,1-3H3/p+2. The van der Waals surface area contributed by atoms with Crippen LogP contribution in [0.25, 0.3) is 10.9 Å². The number of quaternary nitrogens is 1. The van der Waals surface area contributed by atoms with Crippen LogP contribution in [-0.4, -0.2) is 40.3 Å². The average Bonchev–Trinajstić information content (AvgIpc) is 2.71. The van der Waals surface area contributed by atoms with Crippen molar-refractivity contribution in [2.45, 2.75) is 13.3 Å². The van der Waals surface area contributed by atoms with Gasteiger partial charge in [-0.1, -0.05) is 0 Å². The fraction of sp³-hybridized carbons (Fsp3) is 0.471. The topological polar surface area (TPSA) is 31.1 Å². The second-order valence-electron chi connectivity index (χ2n) is 6.05. The van der Waals surface area contributed by atoms with Crippen LogP contribution in [0.1, 0.15) is 12.0 Å². The van der Waals surface area contributed by atoms with Gasteiger partial charge in [0.1, 0.15) is 24.4 Å². The van der Waals surface area contributed by atoms with Crippen LogP contribution in [0.4, 0.5) is 5.82 Å². The Balaban J connectivity index is 1.98. The molecule has 1 fully saturated rings. The first-order valence-electron chi connectivity index (χ1n) is 7.74. The lowest BCUT2D eigenvalue weighted by Gasteiger charge is -2.14. The third-order valence-electron chi connectivity index (χ3n) is 4.45. The maximum absolute atomic E-state index is 5.34. The number of methoxy groups -OCH3 is 1. The van der Waals surface area contributed by atoms with Crippen LogP contribution in [-0.2, 0) is 0 Å². The first-order valence-corrected chi connectivity index (χ1v) is 7.74. The average molecular weight is 287 g/mol. The summed E-state index contributed by atoms with van der Waals surface area (Å²) in [5, 5.41) is 1.26. The number of hydrogen-bond acceptors (Lipinski definition) is 2. The number of nitrogens with zero attached hydrogens (tertiary/aromatic N) is 1. The Morgan fingerprint density at radius 3 is 2.86 bits per heavy atom. The molecular formula is C17H25N3O+2. The fourth-order valence-electron chi connectivity index (χ4n) is 3.10. The molecule has 3 rings (SSSR count). The predicted molar refractivity (Wildman–Crippen MR) is 85.2 cm³/mol. The summed E-state index contributed by atoms with van der Waals surface area (Å²) in [6.45, 7) is 6.88. The second-order valence-corrected chi connectivity index (χ2v) is 6.05. The lowest BCUT2D eigenvalue weighted by atomic mass is 10.1. The van der Waals surface area contributed by atoms with E-state index in [1.807, 2.05) is 6.07 Å². The molecule has 1 saturated heterocycles. The molecule has 21 heavy (non-hydrogen) atoms. The molecule has 1 aliphatic rings. The van der Waals surface area contributed by atoms with Crippen molar-refractivity contribution >= 4 is 16.7 Å². The third kappa shape index (κ3) is 2.95. The summed E-state index contributed by atoms with van der Waals surface area (Å²) in [5.74, 6) is 2.12. The van der Waals surface area contributed by atoms with Crippen LogP contribution in [0.2, 0.25) is 0 Å². The lowest BCUT2D eigenvalue weighted by molar-refractivity contribution is -0.876. The number of rotatable bonds is 2. The monoisotopic (exact) mass is 287 g/mol. The maximum atomic E-state index is 5.34. The number of aryl methyl sites for hydroxylation is 1. The minimum Gasteiger partial charge on any atom is -0.497 e. The highest BCUT2D eigenvalue weighted by Gasteiger charge is 2.22. The van der Waals surface area contributed by atoms with Crippen LogP contribution < -0.4 is 19.5 Å². The lowest BCUT2D eigenvalue weighted by Crippen LogP contribution is -3.09. The highest BCUT2D eigenvalue weighted by Crippen LogP contribution is 2.23. The smallest absolute Gasteiger partial charge is 0.275 e. The molecule has 0 amide bonds. The van der Waals surface area contributed by atoms with E-state index in [2.05, 4.69) is 42.1 Å². The first kappa shape index (κ1) is 14.1. The number of fused-ring (bicyclic) bond motifs is 1. The quantitative estimate of drug-likeness (QED) is 0.881. The minimum atomic E-state index is 0.898. The first-order chi connectivity index (χ1) is 10.2. The molecule has 4 heteroatoms. The molecule has 0 radical (unpaired) electrons. The molecule has 2 aromatic rings. The maximum Gasteiger partial charge on any atom is 0.275 e. The zero-order valence-corrected chi connectivity index (χ0v) is 13.2. The zero-order chi connectivity index (χ0) is 14.8. The van der Waals surface area contributed by atoms with E-state index < -0.39 is 0 Å². The van der Waals surface area contributed by atoms with Crippen LogP contribution in [0, 0.1) is 6.92 Å². The SMILES string of the molecule is COc1ccc2c(C)cc(N3CCC[NH+](C)CC3)[nH+]c2c1. The van der Waals surface area contributed by atoms with E-state index in [0.29, 0.717) is 0 Å². The van der Waals surface area contributed by atoms with Gasteiger partial charge in [0, 0.05) is 23.9 Å². The van der Waals surface area contributed by atoms with Crippen molar-refractivity contribution < 1.29 is 14.6 Å². The molecule has 1 aromatic carbocycles. The summed E-state index contributed by atoms with van der Waals surface area (Å²) in [6.07, 6.45) is 1.24. The number of nitrogens with one attached hydrogen (secondary N) is 2. The third-order valence-corrected chi connectivity index (χ3v) is 4.45. The van der Waals surface area contributed by atoms with E-state index in [-0.39, 0.29) is 0 Å². The molecule has 1 aromatic heterocycles. The zero-order valence-electron chi connectivity index (χ0n) is 13.2. The van der Waals surface area contributed by atoms with Crippen molar-refractivity contribution in [3.63, 3.8) is 0 Å². The molecule has 2 heterocycles. The minimum absolute atomic E-state index is 0.898.